The summed E-state index contributed by atoms with van der Waals surface area (Å²) in [4.78, 5) is 20.1. The Hall–Kier alpha value is -4.15. The lowest BCUT2D eigenvalue weighted by atomic mass is 9.76. The van der Waals surface area contributed by atoms with Crippen LogP contribution in [0.1, 0.15) is 18.4 Å². The summed E-state index contributed by atoms with van der Waals surface area (Å²) in [5, 5.41) is 15.8. The van der Waals surface area contributed by atoms with Gasteiger partial charge in [-0.3, -0.25) is 15.0 Å². The van der Waals surface area contributed by atoms with Crippen LogP contribution in [0.25, 0.3) is 0 Å². The van der Waals surface area contributed by atoms with Crippen LogP contribution < -0.4 is 15.4 Å². The van der Waals surface area contributed by atoms with E-state index < -0.39 is 11.5 Å². The molecule has 35 heavy (non-hydrogen) atoms. The maximum absolute atomic E-state index is 12.8. The first-order chi connectivity index (χ1) is 17.1. The molecular formula is C28H27N5O2. The van der Waals surface area contributed by atoms with E-state index >= 15 is 0 Å². The van der Waals surface area contributed by atoms with Gasteiger partial charge in [-0.1, -0.05) is 48.5 Å². The number of para-hydroxylation sites is 1. The van der Waals surface area contributed by atoms with Crippen molar-refractivity contribution in [2.75, 3.05) is 18.4 Å². The van der Waals surface area contributed by atoms with Gasteiger partial charge in [0.15, 0.2) is 5.92 Å². The van der Waals surface area contributed by atoms with E-state index in [1.165, 1.54) is 5.56 Å². The molecule has 3 aromatic carbocycles. The fourth-order valence-electron chi connectivity index (χ4n) is 4.69. The van der Waals surface area contributed by atoms with Gasteiger partial charge in [-0.2, -0.15) is 5.26 Å². The summed E-state index contributed by atoms with van der Waals surface area (Å²) in [5.41, 5.74) is 1.31. The zero-order valence-electron chi connectivity index (χ0n) is 19.4. The van der Waals surface area contributed by atoms with Crippen molar-refractivity contribution in [1.29, 1.82) is 5.26 Å². The van der Waals surface area contributed by atoms with Crippen molar-refractivity contribution >= 4 is 17.6 Å². The number of piperidine rings is 1. The summed E-state index contributed by atoms with van der Waals surface area (Å²) in [6.45, 7) is 2.41. The number of rotatable bonds is 5. The molecule has 2 heterocycles. The number of anilines is 1. The van der Waals surface area contributed by atoms with Gasteiger partial charge in [-0.05, 0) is 54.8 Å². The molecule has 0 aliphatic carbocycles. The normalized spacial score (nSPS) is 19.3. The molecule has 2 aliphatic rings. The fraction of sp³-hybridized carbons (Fsp3) is 0.250. The van der Waals surface area contributed by atoms with Gasteiger partial charge < -0.3 is 10.1 Å². The molecular weight excluding hydrogens is 438 g/mol. The number of carbonyl (C=O) groups excluding carboxylic acids is 1. The zero-order valence-corrected chi connectivity index (χ0v) is 19.4. The van der Waals surface area contributed by atoms with Gasteiger partial charge in [-0.25, -0.2) is 4.99 Å². The second-order valence-electron chi connectivity index (χ2n) is 8.94. The summed E-state index contributed by atoms with van der Waals surface area (Å²) < 4.78 is 5.84. The SMILES string of the molecule is N#CC1C(=O)NC(Nc2ccc(Oc3ccccc3)cc2)=NC12CCN(Cc1ccccc1)CC2. The van der Waals surface area contributed by atoms with Gasteiger partial charge >= 0.3 is 0 Å². The Kier molecular flexibility index (Phi) is 6.47. The number of guanidine groups is 1. The molecule has 0 aromatic heterocycles. The van der Waals surface area contributed by atoms with Crippen LogP contribution in [-0.4, -0.2) is 35.4 Å². The van der Waals surface area contributed by atoms with Gasteiger partial charge in [0.25, 0.3) is 0 Å². The summed E-state index contributed by atoms with van der Waals surface area (Å²) in [6.07, 6.45) is 1.31. The molecule has 5 rings (SSSR count). The molecule has 0 bridgehead atoms. The highest BCUT2D eigenvalue weighted by Gasteiger charge is 2.48. The number of nitrogens with one attached hydrogen (secondary N) is 2. The van der Waals surface area contributed by atoms with Crippen LogP contribution >= 0.6 is 0 Å². The minimum Gasteiger partial charge on any atom is -0.457 e. The summed E-state index contributed by atoms with van der Waals surface area (Å²) in [7, 11) is 0. The summed E-state index contributed by atoms with van der Waals surface area (Å²) in [5.74, 6) is 0.761. The lowest BCUT2D eigenvalue weighted by Gasteiger charge is -2.43. The van der Waals surface area contributed by atoms with E-state index in [1.807, 2.05) is 72.8 Å². The molecule has 1 saturated heterocycles. The number of hydrogen-bond donors (Lipinski definition) is 2. The minimum atomic E-state index is -0.798. The van der Waals surface area contributed by atoms with Gasteiger partial charge in [0.2, 0.25) is 11.9 Å². The molecule has 1 atom stereocenters. The van der Waals surface area contributed by atoms with Crippen molar-refractivity contribution in [2.45, 2.75) is 24.9 Å². The maximum Gasteiger partial charge on any atom is 0.246 e. The Bertz CT molecular complexity index is 1230. The first-order valence-electron chi connectivity index (χ1n) is 11.8. The topological polar surface area (TPSA) is 89.8 Å². The Labute approximate surface area is 205 Å². The predicted octanol–water partition coefficient (Wildman–Crippen LogP) is 4.55. The molecule has 1 amide bonds. The van der Waals surface area contributed by atoms with Crippen molar-refractivity contribution in [3.05, 3.63) is 90.5 Å². The molecule has 1 spiro atoms. The third-order valence-corrected chi connectivity index (χ3v) is 6.57. The first-order valence-corrected chi connectivity index (χ1v) is 11.8. The second kappa shape index (κ2) is 10.00. The van der Waals surface area contributed by atoms with Crippen molar-refractivity contribution < 1.29 is 9.53 Å². The third kappa shape index (κ3) is 5.18. The van der Waals surface area contributed by atoms with Crippen LogP contribution in [0.4, 0.5) is 5.69 Å². The van der Waals surface area contributed by atoms with E-state index in [4.69, 9.17) is 9.73 Å². The highest BCUT2D eigenvalue weighted by molar-refractivity contribution is 6.07. The molecule has 0 radical (unpaired) electrons. The quantitative estimate of drug-likeness (QED) is 0.577. The van der Waals surface area contributed by atoms with Crippen LogP contribution in [0, 0.1) is 17.2 Å². The summed E-state index contributed by atoms with van der Waals surface area (Å²) >= 11 is 0. The largest absolute Gasteiger partial charge is 0.457 e. The number of amides is 1. The van der Waals surface area contributed by atoms with E-state index in [-0.39, 0.29) is 5.91 Å². The smallest absolute Gasteiger partial charge is 0.246 e. The maximum atomic E-state index is 12.8. The number of nitriles is 1. The third-order valence-electron chi connectivity index (χ3n) is 6.57. The van der Waals surface area contributed by atoms with Crippen LogP contribution in [0.5, 0.6) is 11.5 Å². The number of ether oxygens (including phenoxy) is 1. The van der Waals surface area contributed by atoms with Crippen molar-refractivity contribution in [3.8, 4) is 17.6 Å². The lowest BCUT2D eigenvalue weighted by molar-refractivity contribution is -0.125. The molecule has 0 saturated carbocycles. The predicted molar refractivity (Wildman–Crippen MR) is 135 cm³/mol. The number of nitrogens with zero attached hydrogens (tertiary/aromatic N) is 3. The van der Waals surface area contributed by atoms with E-state index in [9.17, 15) is 10.1 Å². The highest BCUT2D eigenvalue weighted by Crippen LogP contribution is 2.36. The molecule has 2 aliphatic heterocycles. The lowest BCUT2D eigenvalue weighted by Crippen LogP contribution is -2.58. The highest BCUT2D eigenvalue weighted by atomic mass is 16.5. The molecule has 3 aromatic rings. The van der Waals surface area contributed by atoms with Crippen LogP contribution in [0.15, 0.2) is 89.9 Å². The molecule has 176 valence electrons. The van der Waals surface area contributed by atoms with Crippen molar-refractivity contribution in [1.82, 2.24) is 10.2 Å². The van der Waals surface area contributed by atoms with Crippen molar-refractivity contribution in [3.63, 3.8) is 0 Å². The van der Waals surface area contributed by atoms with E-state index in [0.717, 1.165) is 31.1 Å². The minimum absolute atomic E-state index is 0.300. The number of likely N-dealkylation sites (tertiary alicyclic amines) is 1. The molecule has 2 N–H and O–H groups in total. The zero-order chi connectivity index (χ0) is 24.1. The average molecular weight is 466 g/mol. The van der Waals surface area contributed by atoms with Crippen molar-refractivity contribution in [2.24, 2.45) is 10.9 Å². The second-order valence-corrected chi connectivity index (χ2v) is 8.94. The number of hydrogen-bond acceptors (Lipinski definition) is 6. The molecule has 1 unspecified atom stereocenters. The standard InChI is InChI=1S/C28H27N5O2/c29-19-25-26(34)31-27(30-22-11-13-24(14-12-22)35-23-9-5-2-6-10-23)32-28(25)15-17-33(18-16-28)20-21-7-3-1-4-8-21/h1-14,25H,15-18,20H2,(H2,30,31,32,34). The monoisotopic (exact) mass is 465 g/mol. The number of aliphatic imine (C=N–C) groups is 1. The summed E-state index contributed by atoms with van der Waals surface area (Å²) in [6, 6.07) is 29.6. The number of carbonyl (C=O) groups is 1. The van der Waals surface area contributed by atoms with Crippen LogP contribution in [0.2, 0.25) is 0 Å². The van der Waals surface area contributed by atoms with E-state index in [2.05, 4.69) is 33.7 Å². The fourth-order valence-corrected chi connectivity index (χ4v) is 4.69. The number of benzene rings is 3. The molecule has 7 nitrogen and oxygen atoms in total. The Morgan fingerprint density at radius 1 is 0.971 bits per heavy atom. The molecule has 7 heteroatoms. The average Bonchev–Trinajstić information content (AvgIpc) is 2.88. The Balaban J connectivity index is 1.27. The van der Waals surface area contributed by atoms with Crippen LogP contribution in [0.3, 0.4) is 0 Å². The van der Waals surface area contributed by atoms with Crippen LogP contribution in [-0.2, 0) is 11.3 Å². The van der Waals surface area contributed by atoms with Gasteiger partial charge in [-0.15, -0.1) is 0 Å². The molecule has 1 fully saturated rings. The van der Waals surface area contributed by atoms with Gasteiger partial charge in [0.1, 0.15) is 11.5 Å². The van der Waals surface area contributed by atoms with Gasteiger partial charge in [0.05, 0.1) is 11.6 Å². The van der Waals surface area contributed by atoms with E-state index in [1.54, 1.807) is 0 Å². The Morgan fingerprint density at radius 3 is 2.26 bits per heavy atom. The van der Waals surface area contributed by atoms with Gasteiger partial charge in [0, 0.05) is 25.3 Å². The van der Waals surface area contributed by atoms with E-state index in [0.29, 0.717) is 24.6 Å². The first kappa shape index (κ1) is 22.6. The Morgan fingerprint density at radius 2 is 1.60 bits per heavy atom.